The van der Waals surface area contributed by atoms with E-state index in [-0.39, 0.29) is 5.78 Å². The van der Waals surface area contributed by atoms with Gasteiger partial charge in [0.15, 0.2) is 5.78 Å². The lowest BCUT2D eigenvalue weighted by Gasteiger charge is -2.22. The van der Waals surface area contributed by atoms with Crippen molar-refractivity contribution >= 4 is 11.6 Å². The molecule has 3 N–H and O–H groups in total. The first-order chi connectivity index (χ1) is 7.13. The summed E-state index contributed by atoms with van der Waals surface area (Å²) in [6.45, 7) is 2.82. The van der Waals surface area contributed by atoms with Gasteiger partial charge in [0.1, 0.15) is 5.82 Å². The lowest BCUT2D eigenvalue weighted by molar-refractivity contribution is 0.0885. The molecule has 1 fully saturated rings. The van der Waals surface area contributed by atoms with Crippen LogP contribution in [0.25, 0.3) is 0 Å². The third-order valence-electron chi connectivity index (χ3n) is 2.95. The Morgan fingerprint density at radius 3 is 3.07 bits per heavy atom. The highest BCUT2D eigenvalue weighted by Crippen LogP contribution is 2.25. The lowest BCUT2D eigenvalue weighted by atomic mass is 9.90. The zero-order valence-corrected chi connectivity index (χ0v) is 8.79. The van der Waals surface area contributed by atoms with E-state index >= 15 is 0 Å². The summed E-state index contributed by atoms with van der Waals surface area (Å²) in [6, 6.07) is 3.47. The third kappa shape index (κ3) is 1.72. The quantitative estimate of drug-likeness (QED) is 0.706. The number of nitrogens with two attached hydrogens (primary N) is 1. The molecule has 0 amide bonds. The Hall–Kier alpha value is -1.42. The molecule has 0 aromatic carbocycles. The molecule has 1 aromatic heterocycles. The molecule has 0 spiro atoms. The summed E-state index contributed by atoms with van der Waals surface area (Å²) in [5.41, 5.74) is 5.75. The van der Waals surface area contributed by atoms with Gasteiger partial charge in [0.05, 0.1) is 11.1 Å². The first-order valence-electron chi connectivity index (χ1n) is 5.14. The van der Waals surface area contributed by atoms with E-state index in [0.717, 1.165) is 19.4 Å². The number of nitrogens with one attached hydrogen (secondary N) is 1. The van der Waals surface area contributed by atoms with Crippen molar-refractivity contribution in [2.45, 2.75) is 25.3 Å². The van der Waals surface area contributed by atoms with Crippen LogP contribution in [-0.2, 0) is 0 Å². The number of aromatic nitrogens is 1. The Kier molecular flexibility index (Phi) is 2.44. The molecule has 1 aliphatic heterocycles. The molecule has 0 saturated carbocycles. The summed E-state index contributed by atoms with van der Waals surface area (Å²) in [5.74, 6) is 0.364. The Bertz CT molecular complexity index is 383. The molecule has 2 heterocycles. The highest BCUT2D eigenvalue weighted by molar-refractivity contribution is 6.06. The highest BCUT2D eigenvalue weighted by Gasteiger charge is 2.37. The number of Topliss-reactive ketones (excluding diaryl/α,β-unsaturated/α-hetero) is 1. The molecule has 15 heavy (non-hydrogen) atoms. The van der Waals surface area contributed by atoms with Gasteiger partial charge in [0.25, 0.3) is 0 Å². The number of rotatable bonds is 2. The standard InChI is InChI=1S/C11H15N3O/c1-11(5-3-7-14-11)9(15)8-4-2-6-13-10(8)12/h2,4,6,14H,3,5,7H2,1H3,(H2,12,13). The molecule has 1 unspecified atom stereocenters. The van der Waals surface area contributed by atoms with Gasteiger partial charge >= 0.3 is 0 Å². The van der Waals surface area contributed by atoms with Crippen molar-refractivity contribution in [3.8, 4) is 0 Å². The molecular weight excluding hydrogens is 190 g/mol. The zero-order chi connectivity index (χ0) is 10.9. The summed E-state index contributed by atoms with van der Waals surface area (Å²) in [4.78, 5) is 16.1. The predicted molar refractivity (Wildman–Crippen MR) is 58.6 cm³/mol. The van der Waals surface area contributed by atoms with Crippen LogP contribution >= 0.6 is 0 Å². The minimum atomic E-state index is -0.461. The number of nitrogen functional groups attached to an aromatic ring is 1. The van der Waals surface area contributed by atoms with Crippen LogP contribution in [0.4, 0.5) is 5.82 Å². The van der Waals surface area contributed by atoms with E-state index in [9.17, 15) is 4.79 Å². The second kappa shape index (κ2) is 3.62. The predicted octanol–water partition coefficient (Wildman–Crippen LogP) is 0.989. The number of carbonyl (C=O) groups excluding carboxylic acids is 1. The Morgan fingerprint density at radius 2 is 2.47 bits per heavy atom. The van der Waals surface area contributed by atoms with Gasteiger partial charge in [-0.05, 0) is 38.4 Å². The Balaban J connectivity index is 2.32. The molecule has 0 radical (unpaired) electrons. The maximum Gasteiger partial charge on any atom is 0.186 e. The molecular formula is C11H15N3O. The number of carbonyl (C=O) groups is 1. The van der Waals surface area contributed by atoms with Gasteiger partial charge in [-0.2, -0.15) is 0 Å². The number of nitrogens with zero attached hydrogens (tertiary/aromatic N) is 1. The van der Waals surface area contributed by atoms with E-state index < -0.39 is 5.54 Å². The molecule has 2 rings (SSSR count). The van der Waals surface area contributed by atoms with Gasteiger partial charge in [0, 0.05) is 6.20 Å². The van der Waals surface area contributed by atoms with Crippen LogP contribution < -0.4 is 11.1 Å². The first-order valence-corrected chi connectivity index (χ1v) is 5.14. The first kappa shape index (κ1) is 10.1. The summed E-state index contributed by atoms with van der Waals surface area (Å²) in [7, 11) is 0. The molecule has 0 bridgehead atoms. The Labute approximate surface area is 88.9 Å². The number of pyridine rings is 1. The number of hydrogen-bond acceptors (Lipinski definition) is 4. The second-order valence-electron chi connectivity index (χ2n) is 4.13. The summed E-state index contributed by atoms with van der Waals surface area (Å²) in [6.07, 6.45) is 3.49. The average Bonchev–Trinajstić information content (AvgIpc) is 2.66. The van der Waals surface area contributed by atoms with E-state index in [2.05, 4.69) is 10.3 Å². The molecule has 0 aliphatic carbocycles. The van der Waals surface area contributed by atoms with Crippen LogP contribution in [-0.4, -0.2) is 22.9 Å². The van der Waals surface area contributed by atoms with Crippen molar-refractivity contribution in [3.05, 3.63) is 23.9 Å². The van der Waals surface area contributed by atoms with Gasteiger partial charge in [-0.1, -0.05) is 0 Å². The van der Waals surface area contributed by atoms with Crippen molar-refractivity contribution in [2.24, 2.45) is 0 Å². The van der Waals surface area contributed by atoms with Gasteiger partial charge in [-0.3, -0.25) is 4.79 Å². The van der Waals surface area contributed by atoms with Crippen LogP contribution in [0.3, 0.4) is 0 Å². The number of anilines is 1. The van der Waals surface area contributed by atoms with Gasteiger partial charge < -0.3 is 11.1 Å². The molecule has 1 aromatic rings. The van der Waals surface area contributed by atoms with Gasteiger partial charge in [0.2, 0.25) is 0 Å². The Morgan fingerprint density at radius 1 is 1.67 bits per heavy atom. The minimum absolute atomic E-state index is 0.0469. The maximum atomic E-state index is 12.2. The maximum absolute atomic E-state index is 12.2. The number of hydrogen-bond donors (Lipinski definition) is 2. The van der Waals surface area contributed by atoms with Crippen molar-refractivity contribution in [2.75, 3.05) is 12.3 Å². The summed E-state index contributed by atoms with van der Waals surface area (Å²) in [5, 5.41) is 3.23. The van der Waals surface area contributed by atoms with Crippen LogP contribution in [0.1, 0.15) is 30.1 Å². The number of ketones is 1. The molecule has 1 atom stereocenters. The van der Waals surface area contributed by atoms with E-state index in [1.165, 1.54) is 0 Å². The van der Waals surface area contributed by atoms with Crippen molar-refractivity contribution < 1.29 is 4.79 Å². The molecule has 4 nitrogen and oxygen atoms in total. The van der Waals surface area contributed by atoms with E-state index in [1.807, 2.05) is 6.92 Å². The van der Waals surface area contributed by atoms with Gasteiger partial charge in [-0.25, -0.2) is 4.98 Å². The largest absolute Gasteiger partial charge is 0.383 e. The third-order valence-corrected chi connectivity index (χ3v) is 2.95. The van der Waals surface area contributed by atoms with Crippen molar-refractivity contribution in [3.63, 3.8) is 0 Å². The topological polar surface area (TPSA) is 68.0 Å². The minimum Gasteiger partial charge on any atom is -0.383 e. The van der Waals surface area contributed by atoms with Crippen molar-refractivity contribution in [1.82, 2.24) is 10.3 Å². The van der Waals surface area contributed by atoms with Crippen LogP contribution in [0.5, 0.6) is 0 Å². The molecule has 4 heteroatoms. The van der Waals surface area contributed by atoms with E-state index in [1.54, 1.807) is 18.3 Å². The SMILES string of the molecule is CC1(C(=O)c2cccnc2N)CCCN1. The zero-order valence-electron chi connectivity index (χ0n) is 8.79. The molecule has 1 aliphatic rings. The smallest absolute Gasteiger partial charge is 0.186 e. The highest BCUT2D eigenvalue weighted by atomic mass is 16.1. The van der Waals surface area contributed by atoms with Gasteiger partial charge in [-0.15, -0.1) is 0 Å². The fourth-order valence-corrected chi connectivity index (χ4v) is 2.00. The van der Waals surface area contributed by atoms with E-state index in [0.29, 0.717) is 11.4 Å². The van der Waals surface area contributed by atoms with E-state index in [4.69, 9.17) is 5.73 Å². The fraction of sp³-hybridized carbons (Fsp3) is 0.455. The van der Waals surface area contributed by atoms with Crippen LogP contribution in [0, 0.1) is 0 Å². The van der Waals surface area contributed by atoms with Crippen LogP contribution in [0.15, 0.2) is 18.3 Å². The normalized spacial score (nSPS) is 25.4. The second-order valence-corrected chi connectivity index (χ2v) is 4.13. The van der Waals surface area contributed by atoms with Crippen molar-refractivity contribution in [1.29, 1.82) is 0 Å². The lowest BCUT2D eigenvalue weighted by Crippen LogP contribution is -2.44. The molecule has 80 valence electrons. The van der Waals surface area contributed by atoms with Crippen LogP contribution in [0.2, 0.25) is 0 Å². The molecule has 1 saturated heterocycles. The fourth-order valence-electron chi connectivity index (χ4n) is 2.00. The average molecular weight is 205 g/mol. The summed E-state index contributed by atoms with van der Waals surface area (Å²) < 4.78 is 0. The monoisotopic (exact) mass is 205 g/mol. The summed E-state index contributed by atoms with van der Waals surface area (Å²) >= 11 is 0.